The third-order valence-corrected chi connectivity index (χ3v) is 4.02. The number of carbonyl (C=O) groups is 1. The molecule has 0 aliphatic carbocycles. The summed E-state index contributed by atoms with van der Waals surface area (Å²) < 4.78 is 7.16. The van der Waals surface area contributed by atoms with E-state index in [1.54, 1.807) is 6.07 Å². The minimum Gasteiger partial charge on any atom is -0.481 e. The van der Waals surface area contributed by atoms with Crippen LogP contribution >= 0.6 is 0 Å². The third-order valence-electron chi connectivity index (χ3n) is 4.02. The minimum atomic E-state index is -0.871. The SMILES string of the molecule is CCc1ccc(-c2nnnn2CC(CC)(CC)C(=O)O)o1. The number of aliphatic carboxylic acids is 1. The Hall–Kier alpha value is -2.18. The molecule has 0 atom stereocenters. The molecule has 0 bridgehead atoms. The summed E-state index contributed by atoms with van der Waals surface area (Å²) in [4.78, 5) is 11.6. The van der Waals surface area contributed by atoms with Crippen LogP contribution in [0.1, 0.15) is 39.4 Å². The summed E-state index contributed by atoms with van der Waals surface area (Å²) in [6.45, 7) is 5.95. The average molecular weight is 292 g/mol. The van der Waals surface area contributed by atoms with E-state index in [4.69, 9.17) is 4.42 Å². The van der Waals surface area contributed by atoms with Gasteiger partial charge in [0, 0.05) is 6.42 Å². The molecule has 0 saturated heterocycles. The Labute approximate surface area is 123 Å². The summed E-state index contributed by atoms with van der Waals surface area (Å²) in [6, 6.07) is 3.68. The van der Waals surface area contributed by atoms with Crippen LogP contribution in [0.3, 0.4) is 0 Å². The topological polar surface area (TPSA) is 94.0 Å². The van der Waals surface area contributed by atoms with Gasteiger partial charge < -0.3 is 9.52 Å². The Morgan fingerprint density at radius 3 is 2.57 bits per heavy atom. The predicted molar refractivity (Wildman–Crippen MR) is 75.5 cm³/mol. The number of aryl methyl sites for hydroxylation is 1. The molecule has 0 amide bonds. The molecule has 2 rings (SSSR count). The molecule has 7 nitrogen and oxygen atoms in total. The summed E-state index contributed by atoms with van der Waals surface area (Å²) in [5, 5.41) is 21.1. The van der Waals surface area contributed by atoms with E-state index in [0.29, 0.717) is 24.4 Å². The van der Waals surface area contributed by atoms with Crippen molar-refractivity contribution in [2.45, 2.75) is 46.6 Å². The first-order chi connectivity index (χ1) is 10.1. The van der Waals surface area contributed by atoms with Crippen molar-refractivity contribution in [2.75, 3.05) is 0 Å². The van der Waals surface area contributed by atoms with E-state index in [2.05, 4.69) is 15.5 Å². The number of nitrogens with zero attached hydrogens (tertiary/aromatic N) is 4. The van der Waals surface area contributed by atoms with Crippen LogP contribution in [0.15, 0.2) is 16.5 Å². The monoisotopic (exact) mass is 292 g/mol. The number of tetrazole rings is 1. The van der Waals surface area contributed by atoms with Crippen LogP contribution in [0.2, 0.25) is 0 Å². The molecule has 2 heterocycles. The molecule has 0 spiro atoms. The number of rotatable bonds is 7. The molecule has 1 N–H and O–H groups in total. The van der Waals surface area contributed by atoms with E-state index in [0.717, 1.165) is 12.2 Å². The molecule has 0 radical (unpaired) electrons. The maximum Gasteiger partial charge on any atom is 0.311 e. The number of hydrogen-bond acceptors (Lipinski definition) is 5. The third kappa shape index (κ3) is 2.81. The van der Waals surface area contributed by atoms with E-state index in [9.17, 15) is 9.90 Å². The van der Waals surface area contributed by atoms with E-state index in [-0.39, 0.29) is 6.54 Å². The first-order valence-electron chi connectivity index (χ1n) is 7.15. The van der Waals surface area contributed by atoms with Gasteiger partial charge in [-0.25, -0.2) is 4.68 Å². The van der Waals surface area contributed by atoms with Gasteiger partial charge in [-0.3, -0.25) is 4.79 Å². The molecule has 7 heteroatoms. The van der Waals surface area contributed by atoms with Gasteiger partial charge in [0.25, 0.3) is 0 Å². The van der Waals surface area contributed by atoms with Gasteiger partial charge in [0.15, 0.2) is 5.76 Å². The Morgan fingerprint density at radius 1 is 1.33 bits per heavy atom. The molecular weight excluding hydrogens is 272 g/mol. The molecule has 0 aliphatic heterocycles. The van der Waals surface area contributed by atoms with Crippen LogP contribution in [0.5, 0.6) is 0 Å². The summed E-state index contributed by atoms with van der Waals surface area (Å²) in [5.74, 6) is 1.03. The van der Waals surface area contributed by atoms with Crippen molar-refractivity contribution >= 4 is 5.97 Å². The lowest BCUT2D eigenvalue weighted by molar-refractivity contribution is -0.150. The number of aromatic nitrogens is 4. The second kappa shape index (κ2) is 6.07. The van der Waals surface area contributed by atoms with E-state index >= 15 is 0 Å². The number of furan rings is 1. The Bertz CT molecular complexity index is 613. The smallest absolute Gasteiger partial charge is 0.311 e. The lowest BCUT2D eigenvalue weighted by atomic mass is 9.82. The summed E-state index contributed by atoms with van der Waals surface area (Å²) in [5.41, 5.74) is -0.871. The van der Waals surface area contributed by atoms with Gasteiger partial charge in [-0.1, -0.05) is 20.8 Å². The van der Waals surface area contributed by atoms with Crippen molar-refractivity contribution in [2.24, 2.45) is 5.41 Å². The van der Waals surface area contributed by atoms with E-state index in [1.807, 2.05) is 26.8 Å². The second-order valence-electron chi connectivity index (χ2n) is 5.07. The fourth-order valence-electron chi connectivity index (χ4n) is 2.31. The maximum absolute atomic E-state index is 11.6. The molecular formula is C14H20N4O3. The maximum atomic E-state index is 11.6. The lowest BCUT2D eigenvalue weighted by Gasteiger charge is -2.26. The van der Waals surface area contributed by atoms with Crippen molar-refractivity contribution < 1.29 is 14.3 Å². The molecule has 2 aromatic heterocycles. The average Bonchev–Trinajstić information content (AvgIpc) is 3.12. The van der Waals surface area contributed by atoms with Gasteiger partial charge in [-0.2, -0.15) is 0 Å². The van der Waals surface area contributed by atoms with Gasteiger partial charge >= 0.3 is 5.97 Å². The zero-order valence-corrected chi connectivity index (χ0v) is 12.5. The molecule has 2 aromatic rings. The summed E-state index contributed by atoms with van der Waals surface area (Å²) in [6.07, 6.45) is 1.80. The molecule has 0 fully saturated rings. The number of carboxylic acids is 1. The van der Waals surface area contributed by atoms with Crippen molar-refractivity contribution in [3.8, 4) is 11.6 Å². The zero-order valence-electron chi connectivity index (χ0n) is 12.5. The van der Waals surface area contributed by atoms with Crippen LogP contribution < -0.4 is 0 Å². The lowest BCUT2D eigenvalue weighted by Crippen LogP contribution is -2.35. The van der Waals surface area contributed by atoms with Crippen molar-refractivity contribution in [1.29, 1.82) is 0 Å². The van der Waals surface area contributed by atoms with Gasteiger partial charge in [-0.05, 0) is 35.4 Å². The predicted octanol–water partition coefficient (Wildman–Crippen LogP) is 2.39. The van der Waals surface area contributed by atoms with Crippen molar-refractivity contribution in [1.82, 2.24) is 20.2 Å². The summed E-state index contributed by atoms with van der Waals surface area (Å²) >= 11 is 0. The summed E-state index contributed by atoms with van der Waals surface area (Å²) in [7, 11) is 0. The highest BCUT2D eigenvalue weighted by atomic mass is 16.4. The zero-order chi connectivity index (χ0) is 15.5. The Kier molecular flexibility index (Phi) is 4.40. The Morgan fingerprint density at radius 2 is 2.05 bits per heavy atom. The fourth-order valence-corrected chi connectivity index (χ4v) is 2.31. The first-order valence-corrected chi connectivity index (χ1v) is 7.15. The van der Waals surface area contributed by atoms with Crippen molar-refractivity contribution in [3.63, 3.8) is 0 Å². The van der Waals surface area contributed by atoms with Crippen LogP contribution in [0, 0.1) is 5.41 Å². The largest absolute Gasteiger partial charge is 0.481 e. The van der Waals surface area contributed by atoms with Crippen LogP contribution in [0.25, 0.3) is 11.6 Å². The van der Waals surface area contributed by atoms with Gasteiger partial charge in [0.2, 0.25) is 5.82 Å². The fraction of sp³-hybridized carbons (Fsp3) is 0.571. The highest BCUT2D eigenvalue weighted by molar-refractivity contribution is 5.74. The highest BCUT2D eigenvalue weighted by Crippen LogP contribution is 2.30. The second-order valence-corrected chi connectivity index (χ2v) is 5.07. The molecule has 0 saturated carbocycles. The van der Waals surface area contributed by atoms with E-state index in [1.165, 1.54) is 4.68 Å². The van der Waals surface area contributed by atoms with Gasteiger partial charge in [0.05, 0.1) is 12.0 Å². The highest BCUT2D eigenvalue weighted by Gasteiger charge is 2.36. The van der Waals surface area contributed by atoms with E-state index < -0.39 is 11.4 Å². The molecule has 0 unspecified atom stereocenters. The Balaban J connectivity index is 2.34. The van der Waals surface area contributed by atoms with Gasteiger partial charge in [-0.15, -0.1) is 5.10 Å². The molecule has 0 aromatic carbocycles. The molecule has 0 aliphatic rings. The normalized spacial score (nSPS) is 11.8. The first kappa shape index (κ1) is 15.2. The van der Waals surface area contributed by atoms with Crippen LogP contribution in [0.4, 0.5) is 0 Å². The minimum absolute atomic E-state index is 0.222. The quantitative estimate of drug-likeness (QED) is 0.842. The molecule has 114 valence electrons. The van der Waals surface area contributed by atoms with Crippen LogP contribution in [-0.4, -0.2) is 31.3 Å². The molecule has 21 heavy (non-hydrogen) atoms. The number of carboxylic acid groups (broad SMARTS) is 1. The van der Waals surface area contributed by atoms with Crippen molar-refractivity contribution in [3.05, 3.63) is 17.9 Å². The standard InChI is InChI=1S/C14H20N4O3/c1-4-10-7-8-11(21-10)12-15-16-17-18(12)9-14(5-2,6-3)13(19)20/h7-8H,4-6,9H2,1-3H3,(H,19,20). The van der Waals surface area contributed by atoms with Gasteiger partial charge in [0.1, 0.15) is 5.76 Å². The van der Waals surface area contributed by atoms with Crippen LogP contribution in [-0.2, 0) is 17.8 Å². The number of hydrogen-bond donors (Lipinski definition) is 1.